The minimum absolute atomic E-state index is 0.173. The fourth-order valence-electron chi connectivity index (χ4n) is 2.05. The number of rotatable bonds is 4. The van der Waals surface area contributed by atoms with Gasteiger partial charge in [-0.15, -0.1) is 0 Å². The molecular weight excluding hydrogens is 264 g/mol. The highest BCUT2D eigenvalue weighted by Crippen LogP contribution is 2.20. The van der Waals surface area contributed by atoms with Gasteiger partial charge >= 0.3 is 0 Å². The molecule has 21 heavy (non-hydrogen) atoms. The zero-order chi connectivity index (χ0) is 14.5. The molecule has 1 amide bonds. The van der Waals surface area contributed by atoms with E-state index in [-0.39, 0.29) is 5.91 Å². The number of benzene rings is 1. The lowest BCUT2D eigenvalue weighted by Crippen LogP contribution is -2.23. The Bertz CT molecular complexity index is 722. The molecule has 2 aromatic heterocycles. The maximum absolute atomic E-state index is 12.3. The minimum atomic E-state index is -0.173. The molecule has 2 heterocycles. The SMILES string of the molecule is O=C(NCc1ccccn1)c1cn[nH]c1-c1ccccc1. The number of carbonyl (C=O) groups excluding carboxylic acids is 1. The Balaban J connectivity index is 1.76. The molecule has 0 saturated carbocycles. The van der Waals surface area contributed by atoms with E-state index in [1.165, 1.54) is 6.20 Å². The first kappa shape index (κ1) is 13.1. The molecule has 0 aliphatic heterocycles. The summed E-state index contributed by atoms with van der Waals surface area (Å²) >= 11 is 0. The van der Waals surface area contributed by atoms with Crippen LogP contribution in [-0.2, 0) is 6.54 Å². The van der Waals surface area contributed by atoms with Crippen LogP contribution in [0.1, 0.15) is 16.1 Å². The molecule has 0 aliphatic rings. The predicted molar refractivity (Wildman–Crippen MR) is 79.4 cm³/mol. The molecule has 3 aromatic rings. The van der Waals surface area contributed by atoms with Gasteiger partial charge in [-0.25, -0.2) is 0 Å². The zero-order valence-electron chi connectivity index (χ0n) is 11.3. The third-order valence-corrected chi connectivity index (χ3v) is 3.10. The average Bonchev–Trinajstić information content (AvgIpc) is 3.04. The van der Waals surface area contributed by atoms with Crippen molar-refractivity contribution in [2.75, 3.05) is 0 Å². The normalized spacial score (nSPS) is 10.3. The summed E-state index contributed by atoms with van der Waals surface area (Å²) in [5, 5.41) is 9.70. The first-order valence-electron chi connectivity index (χ1n) is 6.61. The van der Waals surface area contributed by atoms with E-state index in [9.17, 15) is 4.79 Å². The van der Waals surface area contributed by atoms with Gasteiger partial charge in [-0.05, 0) is 12.1 Å². The van der Waals surface area contributed by atoms with Crippen molar-refractivity contribution >= 4 is 5.91 Å². The summed E-state index contributed by atoms with van der Waals surface area (Å²) in [4.78, 5) is 16.4. The smallest absolute Gasteiger partial charge is 0.255 e. The summed E-state index contributed by atoms with van der Waals surface area (Å²) in [6, 6.07) is 15.2. The zero-order valence-corrected chi connectivity index (χ0v) is 11.3. The van der Waals surface area contributed by atoms with Crippen LogP contribution < -0.4 is 5.32 Å². The second kappa shape index (κ2) is 6.00. The summed E-state index contributed by atoms with van der Waals surface area (Å²) < 4.78 is 0. The Morgan fingerprint density at radius 2 is 1.90 bits per heavy atom. The second-order valence-electron chi connectivity index (χ2n) is 4.53. The van der Waals surface area contributed by atoms with Crippen LogP contribution in [0.5, 0.6) is 0 Å². The van der Waals surface area contributed by atoms with Gasteiger partial charge in [0.05, 0.1) is 29.7 Å². The Morgan fingerprint density at radius 3 is 2.67 bits per heavy atom. The standard InChI is InChI=1S/C16H14N4O/c21-16(18-10-13-8-4-5-9-17-13)14-11-19-20-15(14)12-6-2-1-3-7-12/h1-9,11H,10H2,(H,18,21)(H,19,20). The molecule has 0 bridgehead atoms. The Kier molecular flexibility index (Phi) is 3.73. The van der Waals surface area contributed by atoms with Gasteiger partial charge in [-0.1, -0.05) is 36.4 Å². The fraction of sp³-hybridized carbons (Fsp3) is 0.0625. The summed E-state index contributed by atoms with van der Waals surface area (Å²) in [6.07, 6.45) is 3.24. The van der Waals surface area contributed by atoms with Crippen LogP contribution in [0, 0.1) is 0 Å². The highest BCUT2D eigenvalue weighted by atomic mass is 16.1. The van der Waals surface area contributed by atoms with Crippen LogP contribution in [0.3, 0.4) is 0 Å². The number of nitrogens with zero attached hydrogens (tertiary/aromatic N) is 2. The van der Waals surface area contributed by atoms with Crippen molar-refractivity contribution in [1.29, 1.82) is 0 Å². The molecule has 3 rings (SSSR count). The maximum atomic E-state index is 12.3. The van der Waals surface area contributed by atoms with Gasteiger partial charge in [0.1, 0.15) is 0 Å². The van der Waals surface area contributed by atoms with E-state index >= 15 is 0 Å². The van der Waals surface area contributed by atoms with Gasteiger partial charge in [0.25, 0.3) is 5.91 Å². The second-order valence-corrected chi connectivity index (χ2v) is 4.53. The fourth-order valence-corrected chi connectivity index (χ4v) is 2.05. The van der Waals surface area contributed by atoms with Crippen LogP contribution in [0.25, 0.3) is 11.3 Å². The van der Waals surface area contributed by atoms with Gasteiger partial charge in [-0.2, -0.15) is 5.10 Å². The van der Waals surface area contributed by atoms with Crippen LogP contribution in [0.15, 0.2) is 60.9 Å². The van der Waals surface area contributed by atoms with Gasteiger partial charge in [0.15, 0.2) is 0 Å². The Labute approximate surface area is 122 Å². The molecular formula is C16H14N4O. The van der Waals surface area contributed by atoms with Crippen LogP contribution >= 0.6 is 0 Å². The number of nitrogens with one attached hydrogen (secondary N) is 2. The molecule has 0 aliphatic carbocycles. The largest absolute Gasteiger partial charge is 0.346 e. The third kappa shape index (κ3) is 2.97. The van der Waals surface area contributed by atoms with E-state index in [0.29, 0.717) is 17.8 Å². The van der Waals surface area contributed by atoms with E-state index < -0.39 is 0 Å². The average molecular weight is 278 g/mol. The number of aromatic amines is 1. The molecule has 0 radical (unpaired) electrons. The first-order chi connectivity index (χ1) is 10.3. The topological polar surface area (TPSA) is 70.7 Å². The van der Waals surface area contributed by atoms with Crippen molar-refractivity contribution in [1.82, 2.24) is 20.5 Å². The lowest BCUT2D eigenvalue weighted by Gasteiger charge is -2.05. The molecule has 0 saturated heterocycles. The summed E-state index contributed by atoms with van der Waals surface area (Å²) in [6.45, 7) is 0.388. The number of hydrogen-bond acceptors (Lipinski definition) is 3. The summed E-state index contributed by atoms with van der Waals surface area (Å²) in [5.74, 6) is -0.173. The van der Waals surface area contributed by atoms with Crippen molar-refractivity contribution in [3.8, 4) is 11.3 Å². The molecule has 1 aromatic carbocycles. The van der Waals surface area contributed by atoms with Crippen LogP contribution in [0.4, 0.5) is 0 Å². The summed E-state index contributed by atoms with van der Waals surface area (Å²) in [5.41, 5.74) is 2.99. The number of hydrogen-bond donors (Lipinski definition) is 2. The molecule has 5 nitrogen and oxygen atoms in total. The quantitative estimate of drug-likeness (QED) is 0.770. The highest BCUT2D eigenvalue weighted by Gasteiger charge is 2.14. The number of pyridine rings is 1. The molecule has 0 spiro atoms. The summed E-state index contributed by atoms with van der Waals surface area (Å²) in [7, 11) is 0. The van der Waals surface area contributed by atoms with Gasteiger partial charge in [0.2, 0.25) is 0 Å². The van der Waals surface area contributed by atoms with Crippen molar-refractivity contribution < 1.29 is 4.79 Å². The first-order valence-corrected chi connectivity index (χ1v) is 6.61. The molecule has 0 unspecified atom stereocenters. The van der Waals surface area contributed by atoms with E-state index in [4.69, 9.17) is 0 Å². The predicted octanol–water partition coefficient (Wildman–Crippen LogP) is 2.40. The monoisotopic (exact) mass is 278 g/mol. The van der Waals surface area contributed by atoms with E-state index in [1.54, 1.807) is 6.20 Å². The van der Waals surface area contributed by atoms with Crippen LogP contribution in [0.2, 0.25) is 0 Å². The third-order valence-electron chi connectivity index (χ3n) is 3.10. The minimum Gasteiger partial charge on any atom is -0.346 e. The number of amides is 1. The molecule has 5 heteroatoms. The van der Waals surface area contributed by atoms with E-state index in [2.05, 4.69) is 20.5 Å². The number of aromatic nitrogens is 3. The molecule has 0 atom stereocenters. The lowest BCUT2D eigenvalue weighted by molar-refractivity contribution is 0.0951. The molecule has 2 N–H and O–H groups in total. The van der Waals surface area contributed by atoms with Gasteiger partial charge in [-0.3, -0.25) is 14.9 Å². The van der Waals surface area contributed by atoms with E-state index in [0.717, 1.165) is 11.3 Å². The van der Waals surface area contributed by atoms with Crippen LogP contribution in [-0.4, -0.2) is 21.1 Å². The highest BCUT2D eigenvalue weighted by molar-refractivity contribution is 5.99. The van der Waals surface area contributed by atoms with E-state index in [1.807, 2.05) is 48.5 Å². The maximum Gasteiger partial charge on any atom is 0.255 e. The Hall–Kier alpha value is -2.95. The van der Waals surface area contributed by atoms with Crippen molar-refractivity contribution in [3.05, 3.63) is 72.2 Å². The molecule has 104 valence electrons. The lowest BCUT2D eigenvalue weighted by atomic mass is 10.1. The van der Waals surface area contributed by atoms with Crippen molar-refractivity contribution in [2.24, 2.45) is 0 Å². The van der Waals surface area contributed by atoms with Crippen molar-refractivity contribution in [3.63, 3.8) is 0 Å². The number of H-pyrrole nitrogens is 1. The van der Waals surface area contributed by atoms with Gasteiger partial charge in [0, 0.05) is 11.8 Å². The van der Waals surface area contributed by atoms with Crippen molar-refractivity contribution in [2.45, 2.75) is 6.54 Å². The Morgan fingerprint density at radius 1 is 1.10 bits per heavy atom. The van der Waals surface area contributed by atoms with Gasteiger partial charge < -0.3 is 5.32 Å². The number of carbonyl (C=O) groups is 1. The molecule has 0 fully saturated rings.